The second kappa shape index (κ2) is 16.4. The number of terminal acetylenes is 1. The number of rotatable bonds is 14. The molecule has 0 aliphatic heterocycles. The van der Waals surface area contributed by atoms with Crippen molar-refractivity contribution >= 4 is 23.8 Å². The van der Waals surface area contributed by atoms with Gasteiger partial charge in [-0.2, -0.15) is 0 Å². The summed E-state index contributed by atoms with van der Waals surface area (Å²) >= 11 is 0. The molecule has 0 aromatic heterocycles. The van der Waals surface area contributed by atoms with Crippen molar-refractivity contribution in [3.63, 3.8) is 0 Å². The molecule has 0 heterocycles. The summed E-state index contributed by atoms with van der Waals surface area (Å²) in [7, 11) is 0. The lowest BCUT2D eigenvalue weighted by Crippen LogP contribution is -2.55. The van der Waals surface area contributed by atoms with Crippen molar-refractivity contribution < 1.29 is 23.9 Å². The fraction of sp³-hybridized carbons (Fsp3) is 0.471. The molecule has 0 aliphatic carbocycles. The standard InChI is InChI=1S/C34H46N4O5/c1-8-25-16-18-27(19-17-25)30(31(40)36-22-26-12-10-9-11-13-26)38(24(4)15-14-23(2)3)32(41)28(20-21-29(35)39)37-33(42)43-34(5,6)7/h1,9-13,16-19,23-24,28,30H,14-15,20-22H2,2-7H3,(H2,35,39)(H,36,40)(H,37,42). The van der Waals surface area contributed by atoms with Crippen LogP contribution in [-0.2, 0) is 25.7 Å². The molecule has 0 saturated heterocycles. The fourth-order valence-electron chi connectivity index (χ4n) is 4.57. The Hall–Kier alpha value is -4.32. The van der Waals surface area contributed by atoms with Gasteiger partial charge in [0, 0.05) is 24.6 Å². The third kappa shape index (κ3) is 11.8. The first-order valence-electron chi connectivity index (χ1n) is 14.7. The number of carbonyl (C=O) groups excluding carboxylic acids is 4. The normalized spacial score (nSPS) is 13.3. The zero-order chi connectivity index (χ0) is 32.2. The molecule has 0 spiro atoms. The van der Waals surface area contributed by atoms with Crippen LogP contribution in [-0.4, -0.2) is 46.4 Å². The van der Waals surface area contributed by atoms with Gasteiger partial charge in [-0.25, -0.2) is 4.79 Å². The van der Waals surface area contributed by atoms with Gasteiger partial charge in [-0.15, -0.1) is 6.42 Å². The number of benzene rings is 2. The molecular weight excluding hydrogens is 544 g/mol. The molecule has 0 fully saturated rings. The van der Waals surface area contributed by atoms with Gasteiger partial charge in [0.15, 0.2) is 0 Å². The number of alkyl carbamates (subject to hydrolysis) is 1. The van der Waals surface area contributed by atoms with Crippen LogP contribution in [0, 0.1) is 18.3 Å². The molecule has 0 aliphatic rings. The van der Waals surface area contributed by atoms with Crippen LogP contribution in [0.2, 0.25) is 0 Å². The van der Waals surface area contributed by atoms with Crippen LogP contribution >= 0.6 is 0 Å². The van der Waals surface area contributed by atoms with E-state index in [1.807, 2.05) is 37.3 Å². The average Bonchev–Trinajstić information content (AvgIpc) is 2.94. The van der Waals surface area contributed by atoms with E-state index in [4.69, 9.17) is 16.9 Å². The first-order chi connectivity index (χ1) is 20.2. The Morgan fingerprint density at radius 1 is 0.953 bits per heavy atom. The maximum Gasteiger partial charge on any atom is 0.408 e. The van der Waals surface area contributed by atoms with Gasteiger partial charge < -0.3 is 26.0 Å². The first kappa shape index (κ1) is 34.9. The Kier molecular flexibility index (Phi) is 13.3. The molecule has 4 amide bonds. The maximum atomic E-state index is 14.5. The summed E-state index contributed by atoms with van der Waals surface area (Å²) in [5.74, 6) is 1.39. The number of hydrogen-bond acceptors (Lipinski definition) is 5. The Bertz CT molecular complexity index is 1260. The number of nitrogens with one attached hydrogen (secondary N) is 2. The van der Waals surface area contributed by atoms with Gasteiger partial charge >= 0.3 is 6.09 Å². The minimum atomic E-state index is -1.17. The van der Waals surface area contributed by atoms with E-state index in [-0.39, 0.29) is 19.4 Å². The second-order valence-corrected chi connectivity index (χ2v) is 12.1. The van der Waals surface area contributed by atoms with E-state index in [0.29, 0.717) is 23.5 Å². The van der Waals surface area contributed by atoms with Gasteiger partial charge in [-0.3, -0.25) is 14.4 Å². The second-order valence-electron chi connectivity index (χ2n) is 12.1. The number of ether oxygens (including phenoxy) is 1. The Balaban J connectivity index is 2.59. The number of nitrogens with two attached hydrogens (primary N) is 1. The van der Waals surface area contributed by atoms with Crippen molar-refractivity contribution in [1.82, 2.24) is 15.5 Å². The van der Waals surface area contributed by atoms with Gasteiger partial charge in [-0.05, 0) is 76.1 Å². The predicted octanol–water partition coefficient (Wildman–Crippen LogP) is 4.84. The SMILES string of the molecule is C#Cc1ccc(C(C(=O)NCc2ccccc2)N(C(=O)C(CCC(N)=O)NC(=O)OC(C)(C)C)C(C)CCC(C)C)cc1. The van der Waals surface area contributed by atoms with Crippen LogP contribution in [0.4, 0.5) is 4.79 Å². The molecule has 9 nitrogen and oxygen atoms in total. The minimum absolute atomic E-state index is 0.0603. The third-order valence-electron chi connectivity index (χ3n) is 6.79. The van der Waals surface area contributed by atoms with E-state index < -0.39 is 47.5 Å². The van der Waals surface area contributed by atoms with Crippen LogP contribution in [0.1, 0.15) is 90.0 Å². The van der Waals surface area contributed by atoms with Crippen LogP contribution in [0.15, 0.2) is 54.6 Å². The lowest BCUT2D eigenvalue weighted by molar-refractivity contribution is -0.145. The van der Waals surface area contributed by atoms with Crippen LogP contribution in [0.5, 0.6) is 0 Å². The molecule has 43 heavy (non-hydrogen) atoms. The first-order valence-corrected chi connectivity index (χ1v) is 14.7. The van der Waals surface area contributed by atoms with E-state index >= 15 is 0 Å². The largest absolute Gasteiger partial charge is 0.444 e. The highest BCUT2D eigenvalue weighted by atomic mass is 16.6. The summed E-state index contributed by atoms with van der Waals surface area (Å²) < 4.78 is 5.41. The van der Waals surface area contributed by atoms with E-state index in [9.17, 15) is 19.2 Å². The highest BCUT2D eigenvalue weighted by Crippen LogP contribution is 2.28. The summed E-state index contributed by atoms with van der Waals surface area (Å²) in [6.45, 7) is 11.4. The van der Waals surface area contributed by atoms with Crippen LogP contribution < -0.4 is 16.4 Å². The van der Waals surface area contributed by atoms with E-state index in [2.05, 4.69) is 30.4 Å². The minimum Gasteiger partial charge on any atom is -0.444 e. The van der Waals surface area contributed by atoms with Crippen molar-refractivity contribution in [3.05, 3.63) is 71.3 Å². The monoisotopic (exact) mass is 590 g/mol. The zero-order valence-corrected chi connectivity index (χ0v) is 26.2. The maximum absolute atomic E-state index is 14.5. The third-order valence-corrected chi connectivity index (χ3v) is 6.79. The average molecular weight is 591 g/mol. The summed E-state index contributed by atoms with van der Waals surface area (Å²) in [4.78, 5) is 54.5. The molecular formula is C34H46N4O5. The lowest BCUT2D eigenvalue weighted by atomic mass is 9.96. The van der Waals surface area contributed by atoms with Gasteiger partial charge in [0.25, 0.3) is 0 Å². The summed E-state index contributed by atoms with van der Waals surface area (Å²) in [6.07, 6.45) is 5.95. The molecule has 2 aromatic rings. The molecule has 0 saturated carbocycles. The van der Waals surface area contributed by atoms with Gasteiger partial charge in [0.2, 0.25) is 17.7 Å². The predicted molar refractivity (Wildman–Crippen MR) is 167 cm³/mol. The molecule has 0 bridgehead atoms. The highest BCUT2D eigenvalue weighted by Gasteiger charge is 2.39. The number of hydrogen-bond donors (Lipinski definition) is 3. The smallest absolute Gasteiger partial charge is 0.408 e. The van der Waals surface area contributed by atoms with Gasteiger partial charge in [0.1, 0.15) is 17.7 Å². The quantitative estimate of drug-likeness (QED) is 0.271. The fourth-order valence-corrected chi connectivity index (χ4v) is 4.57. The molecule has 0 radical (unpaired) electrons. The van der Waals surface area contributed by atoms with E-state index in [0.717, 1.165) is 12.0 Å². The molecule has 3 unspecified atom stereocenters. The number of amides is 4. The van der Waals surface area contributed by atoms with Gasteiger partial charge in [-0.1, -0.05) is 62.2 Å². The zero-order valence-electron chi connectivity index (χ0n) is 26.2. The highest BCUT2D eigenvalue weighted by molar-refractivity contribution is 5.92. The molecule has 2 rings (SSSR count). The number of carbonyl (C=O) groups is 4. The van der Waals surface area contributed by atoms with E-state index in [1.165, 1.54) is 4.90 Å². The number of primary amides is 1. The Morgan fingerprint density at radius 3 is 2.12 bits per heavy atom. The Morgan fingerprint density at radius 2 is 1.58 bits per heavy atom. The summed E-state index contributed by atoms with van der Waals surface area (Å²) in [5.41, 5.74) is 6.69. The topological polar surface area (TPSA) is 131 Å². The number of nitrogens with zero attached hydrogens (tertiary/aromatic N) is 1. The molecule has 9 heteroatoms. The van der Waals surface area contributed by atoms with Crippen molar-refractivity contribution in [1.29, 1.82) is 0 Å². The van der Waals surface area contributed by atoms with Crippen LogP contribution in [0.3, 0.4) is 0 Å². The van der Waals surface area contributed by atoms with Crippen molar-refractivity contribution in [2.45, 2.75) is 97.5 Å². The lowest BCUT2D eigenvalue weighted by Gasteiger charge is -2.39. The van der Waals surface area contributed by atoms with Crippen LogP contribution in [0.25, 0.3) is 0 Å². The van der Waals surface area contributed by atoms with Crippen molar-refractivity contribution in [2.75, 3.05) is 0 Å². The summed E-state index contributed by atoms with van der Waals surface area (Å²) in [6, 6.07) is 13.7. The Labute approximate surface area is 255 Å². The van der Waals surface area contributed by atoms with E-state index in [1.54, 1.807) is 45.0 Å². The molecule has 3 atom stereocenters. The molecule has 232 valence electrons. The van der Waals surface area contributed by atoms with Crippen molar-refractivity contribution in [2.24, 2.45) is 11.7 Å². The van der Waals surface area contributed by atoms with Crippen molar-refractivity contribution in [3.8, 4) is 12.3 Å². The van der Waals surface area contributed by atoms with Gasteiger partial charge in [0.05, 0.1) is 0 Å². The molecule has 4 N–H and O–H groups in total. The summed E-state index contributed by atoms with van der Waals surface area (Å²) in [5, 5.41) is 5.61. The molecule has 2 aromatic carbocycles.